The molecule has 0 radical (unpaired) electrons. The van der Waals surface area contributed by atoms with E-state index in [0.29, 0.717) is 23.9 Å². The zero-order valence-electron chi connectivity index (χ0n) is 8.89. The summed E-state index contributed by atoms with van der Waals surface area (Å²) in [5.74, 6) is 0. The van der Waals surface area contributed by atoms with Crippen LogP contribution in [0.3, 0.4) is 0 Å². The van der Waals surface area contributed by atoms with Gasteiger partial charge in [0.25, 0.3) is 0 Å². The summed E-state index contributed by atoms with van der Waals surface area (Å²) in [6.07, 6.45) is 5.98. The van der Waals surface area contributed by atoms with Gasteiger partial charge >= 0.3 is 0 Å². The summed E-state index contributed by atoms with van der Waals surface area (Å²) in [4.78, 5) is 4.04. The Bertz CT molecular complexity index is 423. The Kier molecular flexibility index (Phi) is 2.26. The van der Waals surface area contributed by atoms with Gasteiger partial charge in [-0.25, -0.2) is 4.98 Å². The molecule has 2 aliphatic heterocycles. The van der Waals surface area contributed by atoms with E-state index in [1.807, 2.05) is 12.1 Å². The highest BCUT2D eigenvalue weighted by Gasteiger charge is 2.40. The maximum Gasteiger partial charge on any atom is 0.140 e. The molecule has 1 N–H and O–H groups in total. The van der Waals surface area contributed by atoms with Crippen molar-refractivity contribution in [3.8, 4) is 6.07 Å². The number of pyridine rings is 1. The van der Waals surface area contributed by atoms with Crippen molar-refractivity contribution >= 4 is 5.69 Å². The minimum atomic E-state index is 0.362. The van der Waals surface area contributed by atoms with E-state index < -0.39 is 0 Å². The number of anilines is 1. The molecule has 0 amide bonds. The van der Waals surface area contributed by atoms with E-state index in [4.69, 9.17) is 10.00 Å². The molecule has 2 saturated heterocycles. The molecule has 3 atom stereocenters. The quantitative estimate of drug-likeness (QED) is 0.815. The van der Waals surface area contributed by atoms with Gasteiger partial charge in [0.15, 0.2) is 0 Å². The number of hydrogen-bond donors (Lipinski definition) is 1. The average molecular weight is 215 g/mol. The first-order chi connectivity index (χ1) is 7.85. The van der Waals surface area contributed by atoms with Gasteiger partial charge in [-0.1, -0.05) is 0 Å². The van der Waals surface area contributed by atoms with Gasteiger partial charge in [0.2, 0.25) is 0 Å². The lowest BCUT2D eigenvalue weighted by Gasteiger charge is -2.20. The molecule has 2 bridgehead atoms. The van der Waals surface area contributed by atoms with Crippen LogP contribution in [-0.4, -0.2) is 23.2 Å². The molecule has 2 fully saturated rings. The van der Waals surface area contributed by atoms with Gasteiger partial charge in [-0.15, -0.1) is 0 Å². The van der Waals surface area contributed by atoms with Gasteiger partial charge in [-0.2, -0.15) is 5.26 Å². The standard InChI is InChI=1S/C12H13N3O/c13-6-8-1-2-9(7-14-8)15-11-5-10-3-4-12(11)16-10/h1-2,7,10-12,15H,3-5H2/t10-,11+,12-/m0/s1. The highest BCUT2D eigenvalue weighted by molar-refractivity contribution is 5.44. The molecule has 0 spiro atoms. The van der Waals surface area contributed by atoms with Crippen LogP contribution in [0.2, 0.25) is 0 Å². The summed E-state index contributed by atoms with van der Waals surface area (Å²) in [6.45, 7) is 0. The molecule has 16 heavy (non-hydrogen) atoms. The van der Waals surface area contributed by atoms with Crippen LogP contribution in [0.15, 0.2) is 18.3 Å². The first kappa shape index (κ1) is 9.61. The van der Waals surface area contributed by atoms with Gasteiger partial charge in [0.1, 0.15) is 11.8 Å². The Morgan fingerprint density at radius 3 is 2.94 bits per heavy atom. The predicted molar refractivity (Wildman–Crippen MR) is 58.9 cm³/mol. The highest BCUT2D eigenvalue weighted by Crippen LogP contribution is 2.35. The lowest BCUT2D eigenvalue weighted by molar-refractivity contribution is 0.102. The molecular weight excluding hydrogens is 202 g/mol. The summed E-state index contributed by atoms with van der Waals surface area (Å²) < 4.78 is 5.77. The predicted octanol–water partition coefficient (Wildman–Crippen LogP) is 1.69. The molecule has 0 aromatic carbocycles. The Hall–Kier alpha value is -1.60. The van der Waals surface area contributed by atoms with E-state index in [1.54, 1.807) is 12.3 Å². The third-order valence-electron chi connectivity index (χ3n) is 3.34. The van der Waals surface area contributed by atoms with Crippen LogP contribution in [-0.2, 0) is 4.74 Å². The Morgan fingerprint density at radius 1 is 1.44 bits per heavy atom. The normalized spacial score (nSPS) is 31.3. The molecule has 0 unspecified atom stereocenters. The van der Waals surface area contributed by atoms with E-state index in [2.05, 4.69) is 10.3 Å². The topological polar surface area (TPSA) is 57.9 Å². The monoisotopic (exact) mass is 215 g/mol. The van der Waals surface area contributed by atoms with Crippen LogP contribution >= 0.6 is 0 Å². The third-order valence-corrected chi connectivity index (χ3v) is 3.34. The van der Waals surface area contributed by atoms with Crippen LogP contribution in [0, 0.1) is 11.3 Å². The molecule has 0 saturated carbocycles. The first-order valence-electron chi connectivity index (χ1n) is 5.63. The Balaban J connectivity index is 1.68. The molecule has 82 valence electrons. The molecule has 0 aliphatic carbocycles. The van der Waals surface area contributed by atoms with Crippen LogP contribution in [0.1, 0.15) is 25.0 Å². The van der Waals surface area contributed by atoms with Crippen LogP contribution in [0.5, 0.6) is 0 Å². The van der Waals surface area contributed by atoms with Crippen molar-refractivity contribution in [1.29, 1.82) is 5.26 Å². The fourth-order valence-corrected chi connectivity index (χ4v) is 2.55. The molecule has 1 aromatic rings. The number of fused-ring (bicyclic) bond motifs is 2. The average Bonchev–Trinajstić information content (AvgIpc) is 2.92. The molecule has 2 aliphatic rings. The Labute approximate surface area is 94.2 Å². The summed E-state index contributed by atoms with van der Waals surface area (Å²) in [5, 5.41) is 12.1. The van der Waals surface area contributed by atoms with Gasteiger partial charge in [-0.3, -0.25) is 0 Å². The van der Waals surface area contributed by atoms with Crippen LogP contribution < -0.4 is 5.32 Å². The van der Waals surface area contributed by atoms with Gasteiger partial charge in [0.05, 0.1) is 30.1 Å². The van der Waals surface area contributed by atoms with Crippen molar-refractivity contribution in [3.63, 3.8) is 0 Å². The van der Waals surface area contributed by atoms with Crippen molar-refractivity contribution in [1.82, 2.24) is 4.98 Å². The van der Waals surface area contributed by atoms with Crippen LogP contribution in [0.25, 0.3) is 0 Å². The zero-order chi connectivity index (χ0) is 11.0. The number of hydrogen-bond acceptors (Lipinski definition) is 4. The molecule has 3 heterocycles. The fraction of sp³-hybridized carbons (Fsp3) is 0.500. The summed E-state index contributed by atoms with van der Waals surface area (Å²) >= 11 is 0. The second-order valence-electron chi connectivity index (χ2n) is 4.40. The van der Waals surface area contributed by atoms with E-state index in [-0.39, 0.29) is 0 Å². The molecule has 1 aromatic heterocycles. The van der Waals surface area contributed by atoms with Gasteiger partial charge < -0.3 is 10.1 Å². The molecule has 4 nitrogen and oxygen atoms in total. The SMILES string of the molecule is N#Cc1ccc(N[C@@H]2C[C@@H]3CC[C@@H]2O3)cn1. The lowest BCUT2D eigenvalue weighted by atomic mass is 9.95. The third kappa shape index (κ3) is 1.63. The van der Waals surface area contributed by atoms with Crippen molar-refractivity contribution < 1.29 is 4.74 Å². The van der Waals surface area contributed by atoms with E-state index in [9.17, 15) is 0 Å². The number of nitrogens with one attached hydrogen (secondary N) is 1. The smallest absolute Gasteiger partial charge is 0.140 e. The number of rotatable bonds is 2. The van der Waals surface area contributed by atoms with Crippen molar-refractivity contribution in [2.75, 3.05) is 5.32 Å². The number of ether oxygens (including phenoxy) is 1. The first-order valence-corrected chi connectivity index (χ1v) is 5.63. The lowest BCUT2D eigenvalue weighted by Crippen LogP contribution is -2.30. The number of nitrogens with zero attached hydrogens (tertiary/aromatic N) is 2. The Morgan fingerprint density at radius 2 is 2.38 bits per heavy atom. The van der Waals surface area contributed by atoms with Crippen molar-refractivity contribution in [3.05, 3.63) is 24.0 Å². The largest absolute Gasteiger partial charge is 0.378 e. The minimum Gasteiger partial charge on any atom is -0.378 e. The van der Waals surface area contributed by atoms with Gasteiger partial charge in [0, 0.05) is 0 Å². The molecular formula is C12H13N3O. The van der Waals surface area contributed by atoms with E-state index >= 15 is 0 Å². The molecule has 3 rings (SSSR count). The minimum absolute atomic E-state index is 0.362. The van der Waals surface area contributed by atoms with Gasteiger partial charge in [-0.05, 0) is 31.4 Å². The fourth-order valence-electron chi connectivity index (χ4n) is 2.55. The summed E-state index contributed by atoms with van der Waals surface area (Å²) in [6, 6.07) is 6.05. The summed E-state index contributed by atoms with van der Waals surface area (Å²) in [5.41, 5.74) is 1.43. The van der Waals surface area contributed by atoms with Crippen molar-refractivity contribution in [2.24, 2.45) is 0 Å². The molecule has 4 heteroatoms. The maximum atomic E-state index is 8.65. The number of nitriles is 1. The zero-order valence-corrected chi connectivity index (χ0v) is 8.89. The highest BCUT2D eigenvalue weighted by atomic mass is 16.5. The number of aromatic nitrogens is 1. The van der Waals surface area contributed by atoms with E-state index in [0.717, 1.165) is 18.5 Å². The maximum absolute atomic E-state index is 8.65. The second-order valence-corrected chi connectivity index (χ2v) is 4.40. The van der Waals surface area contributed by atoms with Crippen LogP contribution in [0.4, 0.5) is 5.69 Å². The summed E-state index contributed by atoms with van der Waals surface area (Å²) in [7, 11) is 0. The van der Waals surface area contributed by atoms with Crippen molar-refractivity contribution in [2.45, 2.75) is 37.5 Å². The second kappa shape index (κ2) is 3.76. The van der Waals surface area contributed by atoms with E-state index in [1.165, 1.54) is 6.42 Å².